The summed E-state index contributed by atoms with van der Waals surface area (Å²) in [6, 6.07) is 7.85. The van der Waals surface area contributed by atoms with Gasteiger partial charge in [0, 0.05) is 61.7 Å². The van der Waals surface area contributed by atoms with Crippen LogP contribution < -0.4 is 9.80 Å². The first-order chi connectivity index (χ1) is 12.7. The molecule has 0 spiro atoms. The summed E-state index contributed by atoms with van der Waals surface area (Å²) < 4.78 is 0. The Morgan fingerprint density at radius 1 is 0.731 bits per heavy atom. The minimum Gasteiger partial charge on any atom is -0.337 e. The van der Waals surface area contributed by atoms with Gasteiger partial charge < -0.3 is 9.80 Å². The van der Waals surface area contributed by atoms with E-state index in [1.807, 2.05) is 44.3 Å². The van der Waals surface area contributed by atoms with E-state index in [9.17, 15) is 0 Å². The fraction of sp³-hybridized carbons (Fsp3) is 0.316. The van der Waals surface area contributed by atoms with Crippen molar-refractivity contribution in [3.05, 3.63) is 54.2 Å². The predicted molar refractivity (Wildman–Crippen MR) is 101 cm³/mol. The second kappa shape index (κ2) is 7.03. The molecule has 0 aliphatic carbocycles. The van der Waals surface area contributed by atoms with Gasteiger partial charge in [0.2, 0.25) is 11.9 Å². The smallest absolute Gasteiger partial charge is 0.225 e. The van der Waals surface area contributed by atoms with Crippen LogP contribution in [0.3, 0.4) is 0 Å². The zero-order chi connectivity index (χ0) is 17.9. The maximum Gasteiger partial charge on any atom is 0.225 e. The van der Waals surface area contributed by atoms with Gasteiger partial charge in [-0.1, -0.05) is 0 Å². The van der Waals surface area contributed by atoms with Crippen molar-refractivity contribution in [2.75, 3.05) is 36.0 Å². The standard InChI is InChI=1S/C19H21N7/c1-14-13-15(2)23-19(22-14)26-11-9-25(10-12-26)18-21-8-5-17(24-18)16-3-6-20-7-4-16/h3-8,13H,9-12H2,1-2H3. The molecule has 3 aromatic heterocycles. The van der Waals surface area contributed by atoms with Crippen molar-refractivity contribution in [1.29, 1.82) is 0 Å². The van der Waals surface area contributed by atoms with Crippen molar-refractivity contribution in [2.45, 2.75) is 13.8 Å². The van der Waals surface area contributed by atoms with Crippen molar-refractivity contribution in [3.63, 3.8) is 0 Å². The van der Waals surface area contributed by atoms with E-state index in [1.54, 1.807) is 12.4 Å². The van der Waals surface area contributed by atoms with Crippen LogP contribution in [-0.2, 0) is 0 Å². The van der Waals surface area contributed by atoms with Crippen molar-refractivity contribution < 1.29 is 0 Å². The van der Waals surface area contributed by atoms with Gasteiger partial charge in [0.1, 0.15) is 0 Å². The molecule has 132 valence electrons. The Kier molecular flexibility index (Phi) is 4.43. The number of hydrogen-bond donors (Lipinski definition) is 0. The van der Waals surface area contributed by atoms with E-state index in [4.69, 9.17) is 4.98 Å². The maximum absolute atomic E-state index is 4.73. The highest BCUT2D eigenvalue weighted by atomic mass is 15.4. The number of hydrogen-bond acceptors (Lipinski definition) is 7. The fourth-order valence-electron chi connectivity index (χ4n) is 3.14. The summed E-state index contributed by atoms with van der Waals surface area (Å²) in [5.74, 6) is 1.58. The molecule has 3 aromatic rings. The Balaban J connectivity index is 1.48. The van der Waals surface area contributed by atoms with E-state index in [0.717, 1.165) is 60.7 Å². The molecule has 0 N–H and O–H groups in total. The third-order valence-electron chi connectivity index (χ3n) is 4.43. The van der Waals surface area contributed by atoms with Gasteiger partial charge in [0.25, 0.3) is 0 Å². The molecule has 1 fully saturated rings. The van der Waals surface area contributed by atoms with Crippen molar-refractivity contribution in [2.24, 2.45) is 0 Å². The zero-order valence-electron chi connectivity index (χ0n) is 15.0. The lowest BCUT2D eigenvalue weighted by atomic mass is 10.2. The van der Waals surface area contributed by atoms with E-state index in [0.29, 0.717) is 0 Å². The summed E-state index contributed by atoms with van der Waals surface area (Å²) in [6.07, 6.45) is 5.37. The molecule has 0 radical (unpaired) electrons. The highest BCUT2D eigenvalue weighted by Crippen LogP contribution is 2.20. The Bertz CT molecular complexity index is 869. The van der Waals surface area contributed by atoms with Gasteiger partial charge in [0.05, 0.1) is 5.69 Å². The summed E-state index contributed by atoms with van der Waals surface area (Å²) in [7, 11) is 0. The largest absolute Gasteiger partial charge is 0.337 e. The second-order valence-corrected chi connectivity index (χ2v) is 6.40. The molecule has 0 amide bonds. The molecular weight excluding hydrogens is 326 g/mol. The second-order valence-electron chi connectivity index (χ2n) is 6.40. The van der Waals surface area contributed by atoms with Crippen LogP contribution >= 0.6 is 0 Å². The van der Waals surface area contributed by atoms with Gasteiger partial charge in [-0.15, -0.1) is 0 Å². The van der Waals surface area contributed by atoms with E-state index in [1.165, 1.54) is 0 Å². The van der Waals surface area contributed by atoms with Crippen molar-refractivity contribution in [1.82, 2.24) is 24.9 Å². The van der Waals surface area contributed by atoms with E-state index >= 15 is 0 Å². The Morgan fingerprint density at radius 3 is 2.00 bits per heavy atom. The van der Waals surface area contributed by atoms with Gasteiger partial charge in [-0.05, 0) is 38.1 Å². The molecule has 4 rings (SSSR count). The minimum absolute atomic E-state index is 0.764. The number of aromatic nitrogens is 5. The van der Waals surface area contributed by atoms with Crippen LogP contribution in [0.5, 0.6) is 0 Å². The molecule has 26 heavy (non-hydrogen) atoms. The van der Waals surface area contributed by atoms with Crippen LogP contribution in [0.2, 0.25) is 0 Å². The first-order valence-electron chi connectivity index (χ1n) is 8.75. The van der Waals surface area contributed by atoms with Crippen molar-refractivity contribution in [3.8, 4) is 11.3 Å². The van der Waals surface area contributed by atoms with Crippen LogP contribution in [0, 0.1) is 13.8 Å². The summed E-state index contributed by atoms with van der Waals surface area (Å²) >= 11 is 0. The zero-order valence-corrected chi connectivity index (χ0v) is 15.0. The lowest BCUT2D eigenvalue weighted by Gasteiger charge is -2.35. The number of nitrogens with zero attached hydrogens (tertiary/aromatic N) is 7. The average Bonchev–Trinajstić information content (AvgIpc) is 2.68. The van der Waals surface area contributed by atoms with Gasteiger partial charge in [-0.2, -0.15) is 0 Å². The highest BCUT2D eigenvalue weighted by Gasteiger charge is 2.21. The molecule has 0 bridgehead atoms. The molecular formula is C19H21N7. The number of anilines is 2. The number of piperazine rings is 1. The molecule has 7 nitrogen and oxygen atoms in total. The Hall–Kier alpha value is -3.09. The summed E-state index contributed by atoms with van der Waals surface area (Å²) in [5, 5.41) is 0. The molecule has 1 aliphatic rings. The van der Waals surface area contributed by atoms with Crippen molar-refractivity contribution >= 4 is 11.9 Å². The first-order valence-corrected chi connectivity index (χ1v) is 8.75. The van der Waals surface area contributed by atoms with Crippen LogP contribution in [0.4, 0.5) is 11.9 Å². The van der Waals surface area contributed by atoms with Crippen LogP contribution in [0.25, 0.3) is 11.3 Å². The molecule has 4 heterocycles. The third-order valence-corrected chi connectivity index (χ3v) is 4.43. The highest BCUT2D eigenvalue weighted by molar-refractivity contribution is 5.59. The lowest BCUT2D eigenvalue weighted by Crippen LogP contribution is -2.47. The first kappa shape index (κ1) is 16.4. The monoisotopic (exact) mass is 347 g/mol. The Labute approximate surface area is 152 Å². The number of rotatable bonds is 3. The molecule has 0 atom stereocenters. The number of aryl methyl sites for hydroxylation is 2. The van der Waals surface area contributed by atoms with Crippen LogP contribution in [0.15, 0.2) is 42.9 Å². The Morgan fingerprint density at radius 2 is 1.35 bits per heavy atom. The topological polar surface area (TPSA) is 70.9 Å². The van der Waals surface area contributed by atoms with E-state index < -0.39 is 0 Å². The molecule has 7 heteroatoms. The van der Waals surface area contributed by atoms with E-state index in [-0.39, 0.29) is 0 Å². The molecule has 0 unspecified atom stereocenters. The quantitative estimate of drug-likeness (QED) is 0.720. The predicted octanol–water partition coefficient (Wildman–Crippen LogP) is 2.27. The fourth-order valence-corrected chi connectivity index (χ4v) is 3.14. The third kappa shape index (κ3) is 3.46. The summed E-state index contributed by atoms with van der Waals surface area (Å²) in [5.41, 5.74) is 3.97. The van der Waals surface area contributed by atoms with E-state index in [2.05, 4.69) is 29.7 Å². The van der Waals surface area contributed by atoms with Gasteiger partial charge in [-0.3, -0.25) is 4.98 Å². The van der Waals surface area contributed by atoms with Crippen LogP contribution in [0.1, 0.15) is 11.4 Å². The van der Waals surface area contributed by atoms with Crippen LogP contribution in [-0.4, -0.2) is 51.1 Å². The molecule has 0 aromatic carbocycles. The lowest BCUT2D eigenvalue weighted by molar-refractivity contribution is 0.626. The minimum atomic E-state index is 0.764. The van der Waals surface area contributed by atoms with Gasteiger partial charge in [0.15, 0.2) is 0 Å². The average molecular weight is 347 g/mol. The maximum atomic E-state index is 4.73. The number of pyridine rings is 1. The SMILES string of the molecule is Cc1cc(C)nc(N2CCN(c3nccc(-c4ccncc4)n3)CC2)n1. The normalized spacial score (nSPS) is 14.5. The van der Waals surface area contributed by atoms with Gasteiger partial charge >= 0.3 is 0 Å². The van der Waals surface area contributed by atoms with Gasteiger partial charge in [-0.25, -0.2) is 19.9 Å². The molecule has 1 aliphatic heterocycles. The molecule has 1 saturated heterocycles. The summed E-state index contributed by atoms with van der Waals surface area (Å²) in [6.45, 7) is 7.41. The summed E-state index contributed by atoms with van der Waals surface area (Å²) in [4.78, 5) is 26.8. The molecule has 0 saturated carbocycles.